The molecule has 0 amide bonds. The standard InChI is InChI=1S/C10H10N2O/c13-6-9-10(12-7-11-9)8-4-2-1-3-5-8/h1-5,7,13H,6H2,(H,11,12). The summed E-state index contributed by atoms with van der Waals surface area (Å²) in [6.45, 7) is -0.00969. The number of hydrogen-bond donors (Lipinski definition) is 2. The molecule has 1 aromatic carbocycles. The van der Waals surface area contributed by atoms with Crippen LogP contribution in [-0.4, -0.2) is 15.1 Å². The molecule has 13 heavy (non-hydrogen) atoms. The maximum absolute atomic E-state index is 9.00. The van der Waals surface area contributed by atoms with Gasteiger partial charge in [-0.1, -0.05) is 30.3 Å². The summed E-state index contributed by atoms with van der Waals surface area (Å²) >= 11 is 0. The highest BCUT2D eigenvalue weighted by Crippen LogP contribution is 2.19. The average Bonchev–Trinajstić information content (AvgIpc) is 2.67. The van der Waals surface area contributed by atoms with Gasteiger partial charge in [-0.15, -0.1) is 0 Å². The summed E-state index contributed by atoms with van der Waals surface area (Å²) in [6.07, 6.45) is 1.59. The number of rotatable bonds is 2. The number of aliphatic hydroxyl groups is 1. The van der Waals surface area contributed by atoms with E-state index in [1.54, 1.807) is 6.33 Å². The van der Waals surface area contributed by atoms with Crippen LogP contribution in [0.4, 0.5) is 0 Å². The van der Waals surface area contributed by atoms with Gasteiger partial charge in [-0.3, -0.25) is 0 Å². The third kappa shape index (κ3) is 1.46. The minimum atomic E-state index is -0.00969. The molecule has 0 unspecified atom stereocenters. The zero-order chi connectivity index (χ0) is 9.10. The Bertz CT molecular complexity index is 381. The van der Waals surface area contributed by atoms with Gasteiger partial charge in [0.1, 0.15) is 0 Å². The maximum atomic E-state index is 9.00. The van der Waals surface area contributed by atoms with Crippen molar-refractivity contribution in [2.45, 2.75) is 6.61 Å². The minimum Gasteiger partial charge on any atom is -0.390 e. The van der Waals surface area contributed by atoms with Crippen molar-refractivity contribution < 1.29 is 5.11 Å². The third-order valence-corrected chi connectivity index (χ3v) is 1.92. The van der Waals surface area contributed by atoms with Gasteiger partial charge in [0.25, 0.3) is 0 Å². The Morgan fingerprint density at radius 2 is 2.00 bits per heavy atom. The molecule has 0 aliphatic carbocycles. The van der Waals surface area contributed by atoms with Gasteiger partial charge in [0.15, 0.2) is 0 Å². The van der Waals surface area contributed by atoms with Gasteiger partial charge in [0.2, 0.25) is 0 Å². The molecule has 0 aliphatic heterocycles. The zero-order valence-electron chi connectivity index (χ0n) is 7.07. The summed E-state index contributed by atoms with van der Waals surface area (Å²) in [5.41, 5.74) is 2.60. The second kappa shape index (κ2) is 3.41. The molecule has 1 heterocycles. The first-order valence-electron chi connectivity index (χ1n) is 4.10. The number of nitrogens with zero attached hydrogens (tertiary/aromatic N) is 1. The van der Waals surface area contributed by atoms with E-state index in [1.807, 2.05) is 30.3 Å². The van der Waals surface area contributed by atoms with E-state index in [0.29, 0.717) is 0 Å². The van der Waals surface area contributed by atoms with E-state index in [9.17, 15) is 0 Å². The van der Waals surface area contributed by atoms with Crippen molar-refractivity contribution >= 4 is 0 Å². The molecule has 0 aliphatic rings. The number of aliphatic hydroxyl groups excluding tert-OH is 1. The zero-order valence-corrected chi connectivity index (χ0v) is 7.07. The van der Waals surface area contributed by atoms with Crippen LogP contribution in [-0.2, 0) is 6.61 Å². The predicted octanol–water partition coefficient (Wildman–Crippen LogP) is 1.57. The van der Waals surface area contributed by atoms with Gasteiger partial charge >= 0.3 is 0 Å². The molecule has 2 N–H and O–H groups in total. The van der Waals surface area contributed by atoms with Crippen LogP contribution in [0.25, 0.3) is 11.3 Å². The van der Waals surface area contributed by atoms with Crippen LogP contribution < -0.4 is 0 Å². The van der Waals surface area contributed by atoms with Crippen molar-refractivity contribution in [1.29, 1.82) is 0 Å². The molecule has 0 spiro atoms. The molecular formula is C10H10N2O. The third-order valence-electron chi connectivity index (χ3n) is 1.92. The lowest BCUT2D eigenvalue weighted by Crippen LogP contribution is -1.87. The maximum Gasteiger partial charge on any atom is 0.0936 e. The number of aromatic nitrogens is 2. The largest absolute Gasteiger partial charge is 0.390 e. The smallest absolute Gasteiger partial charge is 0.0936 e. The van der Waals surface area contributed by atoms with Crippen LogP contribution in [0.1, 0.15) is 5.69 Å². The molecule has 0 fully saturated rings. The average molecular weight is 174 g/mol. The van der Waals surface area contributed by atoms with E-state index in [4.69, 9.17) is 5.11 Å². The Hall–Kier alpha value is -1.61. The monoisotopic (exact) mass is 174 g/mol. The first kappa shape index (κ1) is 8.01. The van der Waals surface area contributed by atoms with Gasteiger partial charge in [-0.05, 0) is 0 Å². The molecule has 3 nitrogen and oxygen atoms in total. The summed E-state index contributed by atoms with van der Waals surface area (Å²) in [7, 11) is 0. The van der Waals surface area contributed by atoms with Crippen molar-refractivity contribution in [3.63, 3.8) is 0 Å². The second-order valence-corrected chi connectivity index (χ2v) is 2.75. The van der Waals surface area contributed by atoms with Crippen molar-refractivity contribution in [1.82, 2.24) is 9.97 Å². The summed E-state index contributed by atoms with van der Waals surface area (Å²) in [6, 6.07) is 9.79. The molecule has 3 heteroatoms. The van der Waals surface area contributed by atoms with Gasteiger partial charge in [0.05, 0.1) is 24.3 Å². The number of hydrogen-bond acceptors (Lipinski definition) is 2. The summed E-state index contributed by atoms with van der Waals surface area (Å²) in [5.74, 6) is 0. The number of imidazole rings is 1. The second-order valence-electron chi connectivity index (χ2n) is 2.75. The Morgan fingerprint density at radius 3 is 2.69 bits per heavy atom. The molecule has 66 valence electrons. The van der Waals surface area contributed by atoms with Gasteiger partial charge in [0, 0.05) is 5.56 Å². The summed E-state index contributed by atoms with van der Waals surface area (Å²) in [4.78, 5) is 7.03. The predicted molar refractivity (Wildman–Crippen MR) is 49.9 cm³/mol. The molecule has 0 radical (unpaired) electrons. The molecule has 2 aromatic rings. The lowest BCUT2D eigenvalue weighted by Gasteiger charge is -1.98. The number of nitrogens with one attached hydrogen (secondary N) is 1. The fourth-order valence-corrected chi connectivity index (χ4v) is 1.29. The highest BCUT2D eigenvalue weighted by molar-refractivity contribution is 5.61. The SMILES string of the molecule is OCc1[nH]cnc1-c1ccccc1. The van der Waals surface area contributed by atoms with Crippen LogP contribution in [0.15, 0.2) is 36.7 Å². The van der Waals surface area contributed by atoms with E-state index in [1.165, 1.54) is 0 Å². The number of benzene rings is 1. The quantitative estimate of drug-likeness (QED) is 0.726. The van der Waals surface area contributed by atoms with Crippen molar-refractivity contribution in [3.8, 4) is 11.3 Å². The molecule has 0 saturated carbocycles. The van der Waals surface area contributed by atoms with Gasteiger partial charge < -0.3 is 10.1 Å². The van der Waals surface area contributed by atoms with Crippen LogP contribution in [0.3, 0.4) is 0 Å². The van der Waals surface area contributed by atoms with E-state index < -0.39 is 0 Å². The fourth-order valence-electron chi connectivity index (χ4n) is 1.29. The normalized spacial score (nSPS) is 10.2. The topological polar surface area (TPSA) is 48.9 Å². The van der Waals surface area contributed by atoms with E-state index in [-0.39, 0.29) is 6.61 Å². The Balaban J connectivity index is 2.47. The Kier molecular flexibility index (Phi) is 2.10. The first-order chi connectivity index (χ1) is 6.42. The molecule has 2 rings (SSSR count). The van der Waals surface area contributed by atoms with Crippen molar-refractivity contribution in [2.75, 3.05) is 0 Å². The summed E-state index contributed by atoms with van der Waals surface area (Å²) < 4.78 is 0. The fraction of sp³-hybridized carbons (Fsp3) is 0.100. The molecule has 0 bridgehead atoms. The van der Waals surface area contributed by atoms with Crippen molar-refractivity contribution in [3.05, 3.63) is 42.4 Å². The highest BCUT2D eigenvalue weighted by atomic mass is 16.3. The van der Waals surface area contributed by atoms with E-state index in [2.05, 4.69) is 9.97 Å². The van der Waals surface area contributed by atoms with Crippen LogP contribution in [0.5, 0.6) is 0 Å². The highest BCUT2D eigenvalue weighted by Gasteiger charge is 2.05. The Labute approximate surface area is 76.1 Å². The van der Waals surface area contributed by atoms with Gasteiger partial charge in [-0.25, -0.2) is 4.98 Å². The minimum absolute atomic E-state index is 0.00969. The van der Waals surface area contributed by atoms with E-state index in [0.717, 1.165) is 17.0 Å². The number of H-pyrrole nitrogens is 1. The van der Waals surface area contributed by atoms with Gasteiger partial charge in [-0.2, -0.15) is 0 Å². The molecular weight excluding hydrogens is 164 g/mol. The first-order valence-corrected chi connectivity index (χ1v) is 4.10. The number of aromatic amines is 1. The van der Waals surface area contributed by atoms with E-state index >= 15 is 0 Å². The molecule has 0 saturated heterocycles. The van der Waals surface area contributed by atoms with Crippen LogP contribution >= 0.6 is 0 Å². The molecule has 1 aromatic heterocycles. The summed E-state index contributed by atoms with van der Waals surface area (Å²) in [5, 5.41) is 9.00. The van der Waals surface area contributed by atoms with Crippen molar-refractivity contribution in [2.24, 2.45) is 0 Å². The lowest BCUT2D eigenvalue weighted by molar-refractivity contribution is 0.278. The lowest BCUT2D eigenvalue weighted by atomic mass is 10.1. The Morgan fingerprint density at radius 1 is 1.23 bits per heavy atom. The van der Waals surface area contributed by atoms with Crippen LogP contribution in [0.2, 0.25) is 0 Å². The van der Waals surface area contributed by atoms with Crippen LogP contribution in [0, 0.1) is 0 Å². The molecule has 0 atom stereocenters.